The maximum absolute atomic E-state index is 2.47. The number of nitrogens with zero attached hydrogens (tertiary/aromatic N) is 1. The highest BCUT2D eigenvalue weighted by Crippen LogP contribution is 2.56. The molecular formula is C50H33N. The minimum Gasteiger partial charge on any atom is -0.309 e. The number of benzene rings is 8. The fraction of sp³-hybridized carbons (Fsp3) is 0.0400. The van der Waals surface area contributed by atoms with Crippen LogP contribution in [0.25, 0.3) is 60.9 Å². The van der Waals surface area contributed by atoms with Gasteiger partial charge in [-0.05, 0) is 110 Å². The Morgan fingerprint density at radius 1 is 0.373 bits per heavy atom. The van der Waals surface area contributed by atoms with Gasteiger partial charge in [-0.3, -0.25) is 0 Å². The van der Waals surface area contributed by atoms with E-state index in [1.165, 1.54) is 94.3 Å². The second kappa shape index (κ2) is 10.8. The SMILES string of the molecule is c1ccc(C2(c3ccccc3)c3ccccc3-c3ccc(-n4c5ccccc5c5cc(-c6ccc7c(c6)-c6ccccc6C7)ccc54)cc32)cc1. The molecule has 0 atom stereocenters. The van der Waals surface area contributed by atoms with Crippen LogP contribution in [0.15, 0.2) is 188 Å². The van der Waals surface area contributed by atoms with E-state index in [4.69, 9.17) is 0 Å². The summed E-state index contributed by atoms with van der Waals surface area (Å²) in [6.07, 6.45) is 1.01. The van der Waals surface area contributed by atoms with Crippen LogP contribution in [-0.2, 0) is 11.8 Å². The number of hydrogen-bond donors (Lipinski definition) is 0. The molecule has 0 unspecified atom stereocenters. The van der Waals surface area contributed by atoms with Crippen molar-refractivity contribution in [1.82, 2.24) is 4.57 Å². The monoisotopic (exact) mass is 647 g/mol. The Kier molecular flexibility index (Phi) is 6.00. The lowest BCUT2D eigenvalue weighted by atomic mass is 9.67. The van der Waals surface area contributed by atoms with Gasteiger partial charge in [0.15, 0.2) is 0 Å². The molecule has 51 heavy (non-hydrogen) atoms. The summed E-state index contributed by atoms with van der Waals surface area (Å²) in [6, 6.07) is 70.0. The molecule has 11 rings (SSSR count). The lowest BCUT2D eigenvalue weighted by Crippen LogP contribution is -2.28. The Hall–Kier alpha value is -6.44. The van der Waals surface area contributed by atoms with Crippen LogP contribution >= 0.6 is 0 Å². The summed E-state index contributed by atoms with van der Waals surface area (Å²) >= 11 is 0. The van der Waals surface area contributed by atoms with E-state index in [0.29, 0.717) is 0 Å². The maximum Gasteiger partial charge on any atom is 0.0714 e. The highest BCUT2D eigenvalue weighted by atomic mass is 15.0. The van der Waals surface area contributed by atoms with Gasteiger partial charge in [0.2, 0.25) is 0 Å². The summed E-state index contributed by atoms with van der Waals surface area (Å²) < 4.78 is 2.47. The highest BCUT2D eigenvalue weighted by Gasteiger charge is 2.46. The number of hydrogen-bond acceptors (Lipinski definition) is 0. The highest BCUT2D eigenvalue weighted by molar-refractivity contribution is 6.10. The summed E-state index contributed by atoms with van der Waals surface area (Å²) in [5.74, 6) is 0. The van der Waals surface area contributed by atoms with Gasteiger partial charge in [0.05, 0.1) is 16.4 Å². The van der Waals surface area contributed by atoms with Crippen molar-refractivity contribution in [3.63, 3.8) is 0 Å². The van der Waals surface area contributed by atoms with Crippen LogP contribution in [0.2, 0.25) is 0 Å². The molecule has 9 aromatic rings. The molecule has 2 aliphatic rings. The molecule has 1 aromatic heterocycles. The fourth-order valence-corrected chi connectivity index (χ4v) is 9.31. The Balaban J connectivity index is 1.13. The van der Waals surface area contributed by atoms with Gasteiger partial charge in [0, 0.05) is 16.5 Å². The van der Waals surface area contributed by atoms with E-state index < -0.39 is 5.41 Å². The Bertz CT molecular complexity index is 2780. The van der Waals surface area contributed by atoms with Crippen molar-refractivity contribution in [1.29, 1.82) is 0 Å². The zero-order valence-corrected chi connectivity index (χ0v) is 28.1. The molecule has 0 amide bonds. The van der Waals surface area contributed by atoms with E-state index in [1.54, 1.807) is 0 Å². The van der Waals surface area contributed by atoms with Crippen molar-refractivity contribution in [3.8, 4) is 39.1 Å². The van der Waals surface area contributed by atoms with Crippen molar-refractivity contribution >= 4 is 21.8 Å². The molecule has 238 valence electrons. The molecular weight excluding hydrogens is 615 g/mol. The molecule has 0 aliphatic heterocycles. The molecule has 0 radical (unpaired) electrons. The molecule has 1 heterocycles. The Labute approximate surface area is 297 Å². The lowest BCUT2D eigenvalue weighted by molar-refractivity contribution is 0.767. The topological polar surface area (TPSA) is 4.93 Å². The van der Waals surface area contributed by atoms with Crippen molar-refractivity contribution in [2.75, 3.05) is 0 Å². The molecule has 1 heteroatoms. The number of rotatable bonds is 4. The number of fused-ring (bicyclic) bond motifs is 9. The number of aromatic nitrogens is 1. The van der Waals surface area contributed by atoms with E-state index in [0.717, 1.165) is 6.42 Å². The molecule has 0 saturated heterocycles. The molecule has 0 spiro atoms. The van der Waals surface area contributed by atoms with E-state index in [-0.39, 0.29) is 0 Å². The fourth-order valence-electron chi connectivity index (χ4n) is 9.31. The van der Waals surface area contributed by atoms with Gasteiger partial charge in [0.25, 0.3) is 0 Å². The van der Waals surface area contributed by atoms with Gasteiger partial charge in [-0.1, -0.05) is 152 Å². The van der Waals surface area contributed by atoms with Crippen LogP contribution in [0.5, 0.6) is 0 Å². The summed E-state index contributed by atoms with van der Waals surface area (Å²) in [5.41, 5.74) is 19.0. The second-order valence-electron chi connectivity index (χ2n) is 14.0. The van der Waals surface area contributed by atoms with Gasteiger partial charge >= 0.3 is 0 Å². The van der Waals surface area contributed by atoms with Crippen molar-refractivity contribution < 1.29 is 0 Å². The van der Waals surface area contributed by atoms with Gasteiger partial charge in [-0.15, -0.1) is 0 Å². The maximum atomic E-state index is 2.47. The van der Waals surface area contributed by atoms with Crippen LogP contribution in [0, 0.1) is 0 Å². The average Bonchev–Trinajstić information content (AvgIpc) is 3.84. The van der Waals surface area contributed by atoms with Gasteiger partial charge in [-0.25, -0.2) is 0 Å². The molecule has 2 aliphatic carbocycles. The van der Waals surface area contributed by atoms with Crippen molar-refractivity contribution in [3.05, 3.63) is 221 Å². The van der Waals surface area contributed by atoms with Gasteiger partial charge in [-0.2, -0.15) is 0 Å². The normalized spacial score (nSPS) is 13.6. The van der Waals surface area contributed by atoms with E-state index in [1.807, 2.05) is 0 Å². The molecule has 8 aromatic carbocycles. The standard InChI is InChI=1S/C50H33N/c1-3-14-37(15-4-1)50(38-16-5-2-6-17-38)46-21-11-9-19-41(46)42-27-26-39(32-47(42)50)51-48-22-12-10-20-43(48)45-31-34(25-28-49(45)51)33-23-24-36-29-35-13-7-8-18-40(35)44(36)30-33/h1-28,30-32H,29H2. The molecule has 0 N–H and O–H groups in total. The largest absolute Gasteiger partial charge is 0.309 e. The first kappa shape index (κ1) is 28.4. The summed E-state index contributed by atoms with van der Waals surface area (Å²) in [7, 11) is 0. The van der Waals surface area contributed by atoms with Crippen LogP contribution in [-0.4, -0.2) is 4.57 Å². The first-order valence-corrected chi connectivity index (χ1v) is 17.9. The first-order valence-electron chi connectivity index (χ1n) is 17.9. The lowest BCUT2D eigenvalue weighted by Gasteiger charge is -2.34. The summed E-state index contributed by atoms with van der Waals surface area (Å²) in [4.78, 5) is 0. The zero-order chi connectivity index (χ0) is 33.5. The van der Waals surface area contributed by atoms with Crippen LogP contribution in [0.4, 0.5) is 0 Å². The van der Waals surface area contributed by atoms with Crippen molar-refractivity contribution in [2.45, 2.75) is 11.8 Å². The third-order valence-corrected chi connectivity index (χ3v) is 11.5. The summed E-state index contributed by atoms with van der Waals surface area (Å²) in [6.45, 7) is 0. The smallest absolute Gasteiger partial charge is 0.0714 e. The third-order valence-electron chi connectivity index (χ3n) is 11.5. The molecule has 1 nitrogen and oxygen atoms in total. The predicted molar refractivity (Wildman–Crippen MR) is 212 cm³/mol. The summed E-state index contributed by atoms with van der Waals surface area (Å²) in [5, 5.41) is 2.53. The average molecular weight is 648 g/mol. The minimum absolute atomic E-state index is 0.442. The third kappa shape index (κ3) is 3.98. The Morgan fingerprint density at radius 2 is 0.980 bits per heavy atom. The predicted octanol–water partition coefficient (Wildman–Crippen LogP) is 12.4. The molecule has 0 bridgehead atoms. The minimum atomic E-state index is -0.442. The van der Waals surface area contributed by atoms with Crippen LogP contribution < -0.4 is 0 Å². The first-order chi connectivity index (χ1) is 25.3. The van der Waals surface area contributed by atoms with Crippen LogP contribution in [0.1, 0.15) is 33.4 Å². The van der Waals surface area contributed by atoms with E-state index in [9.17, 15) is 0 Å². The van der Waals surface area contributed by atoms with E-state index >= 15 is 0 Å². The molecule has 0 fully saturated rings. The molecule has 0 saturated carbocycles. The van der Waals surface area contributed by atoms with Crippen LogP contribution in [0.3, 0.4) is 0 Å². The van der Waals surface area contributed by atoms with Gasteiger partial charge < -0.3 is 4.57 Å². The second-order valence-corrected chi connectivity index (χ2v) is 14.0. The zero-order valence-electron chi connectivity index (χ0n) is 28.1. The number of para-hydroxylation sites is 1. The quantitative estimate of drug-likeness (QED) is 0.179. The van der Waals surface area contributed by atoms with Gasteiger partial charge in [0.1, 0.15) is 0 Å². The van der Waals surface area contributed by atoms with Crippen molar-refractivity contribution in [2.24, 2.45) is 0 Å². The Morgan fingerprint density at radius 3 is 1.80 bits per heavy atom. The van der Waals surface area contributed by atoms with E-state index in [2.05, 4.69) is 193 Å².